The smallest absolute Gasteiger partial charge is 0.242 e. The largest absolute Gasteiger partial charge is 0.357 e. The van der Waals surface area contributed by atoms with Crippen LogP contribution in [0.1, 0.15) is 25.3 Å². The quantitative estimate of drug-likeness (QED) is 0.404. The van der Waals surface area contributed by atoms with E-state index in [2.05, 4.69) is 15.5 Å². The van der Waals surface area contributed by atoms with Crippen molar-refractivity contribution >= 4 is 23.5 Å². The summed E-state index contributed by atoms with van der Waals surface area (Å²) in [7, 11) is 0. The number of nitrogens with zero attached hydrogens (tertiary/aromatic N) is 6. The van der Waals surface area contributed by atoms with Crippen LogP contribution in [0.15, 0.2) is 41.9 Å². The number of rotatable bonds is 8. The van der Waals surface area contributed by atoms with Gasteiger partial charge in [-0.05, 0) is 37.5 Å². The van der Waals surface area contributed by atoms with Crippen molar-refractivity contribution in [3.05, 3.63) is 47.5 Å². The fraction of sp³-hybridized carbons (Fsp3) is 0.500. The number of aromatic nitrogens is 3. The van der Waals surface area contributed by atoms with E-state index in [4.69, 9.17) is 16.6 Å². The van der Waals surface area contributed by atoms with Crippen LogP contribution in [0.3, 0.4) is 0 Å². The summed E-state index contributed by atoms with van der Waals surface area (Å²) in [6, 6.07) is 7.65. The summed E-state index contributed by atoms with van der Waals surface area (Å²) in [6.45, 7) is 6.84. The molecule has 0 spiro atoms. The van der Waals surface area contributed by atoms with Crippen molar-refractivity contribution < 1.29 is 4.79 Å². The van der Waals surface area contributed by atoms with Gasteiger partial charge in [-0.3, -0.25) is 9.79 Å². The number of aliphatic imine (C=N–C) groups is 1. The molecule has 0 radical (unpaired) electrons. The summed E-state index contributed by atoms with van der Waals surface area (Å²) in [5.41, 5.74) is 1.09. The van der Waals surface area contributed by atoms with Gasteiger partial charge in [0.2, 0.25) is 5.91 Å². The van der Waals surface area contributed by atoms with E-state index in [0.717, 1.165) is 50.5 Å². The van der Waals surface area contributed by atoms with Crippen LogP contribution in [0.25, 0.3) is 0 Å². The molecule has 1 aromatic carbocycles. The Morgan fingerprint density at radius 1 is 1.17 bits per heavy atom. The molecular weight excluding hydrogens is 390 g/mol. The second-order valence-electron chi connectivity index (χ2n) is 7.01. The van der Waals surface area contributed by atoms with Gasteiger partial charge in [0.05, 0.1) is 6.54 Å². The van der Waals surface area contributed by atoms with Crippen LogP contribution < -0.4 is 5.32 Å². The second kappa shape index (κ2) is 10.8. The summed E-state index contributed by atoms with van der Waals surface area (Å²) >= 11 is 5.94. The Balaban J connectivity index is 1.48. The molecule has 3 rings (SSSR count). The van der Waals surface area contributed by atoms with Crippen molar-refractivity contribution in [2.75, 3.05) is 32.7 Å². The molecule has 156 valence electrons. The topological polar surface area (TPSA) is 78.7 Å². The number of halogens is 1. The third kappa shape index (κ3) is 6.45. The van der Waals surface area contributed by atoms with E-state index < -0.39 is 0 Å². The van der Waals surface area contributed by atoms with Crippen LogP contribution in [0.2, 0.25) is 5.02 Å². The normalized spacial score (nSPS) is 15.1. The van der Waals surface area contributed by atoms with Gasteiger partial charge in [-0.2, -0.15) is 0 Å². The summed E-state index contributed by atoms with van der Waals surface area (Å²) < 4.78 is 1.97. The van der Waals surface area contributed by atoms with Gasteiger partial charge in [0.1, 0.15) is 12.7 Å². The Morgan fingerprint density at radius 3 is 2.62 bits per heavy atom. The SMILES string of the molecule is CCNC(=NCCCCn1cnnc1)N1CCN(Cc2ccc(Cl)cc2)C(=O)C1. The number of carbonyl (C=O) groups is 1. The molecule has 1 aliphatic rings. The molecule has 0 unspecified atom stereocenters. The molecule has 1 aromatic heterocycles. The Kier molecular flexibility index (Phi) is 7.86. The maximum absolute atomic E-state index is 12.7. The molecular formula is C20H28ClN7O. The summed E-state index contributed by atoms with van der Waals surface area (Å²) in [6.07, 6.45) is 5.43. The summed E-state index contributed by atoms with van der Waals surface area (Å²) in [4.78, 5) is 21.3. The zero-order valence-electron chi connectivity index (χ0n) is 16.8. The minimum Gasteiger partial charge on any atom is -0.357 e. The Hall–Kier alpha value is -2.61. The van der Waals surface area contributed by atoms with Crippen LogP contribution in [0.4, 0.5) is 0 Å². The van der Waals surface area contributed by atoms with Gasteiger partial charge in [-0.25, -0.2) is 0 Å². The fourth-order valence-electron chi connectivity index (χ4n) is 3.22. The number of carbonyl (C=O) groups excluding carboxylic acids is 1. The third-order valence-corrected chi connectivity index (χ3v) is 5.04. The first-order valence-corrected chi connectivity index (χ1v) is 10.4. The Morgan fingerprint density at radius 2 is 1.93 bits per heavy atom. The molecule has 0 aliphatic carbocycles. The lowest BCUT2D eigenvalue weighted by Gasteiger charge is -2.36. The van der Waals surface area contributed by atoms with Crippen molar-refractivity contribution in [3.63, 3.8) is 0 Å². The van der Waals surface area contributed by atoms with Gasteiger partial charge in [0.25, 0.3) is 0 Å². The number of hydrogen-bond donors (Lipinski definition) is 1. The molecule has 29 heavy (non-hydrogen) atoms. The number of guanidine groups is 1. The average molecular weight is 418 g/mol. The lowest BCUT2D eigenvalue weighted by Crippen LogP contribution is -2.55. The molecule has 0 saturated carbocycles. The molecule has 2 aromatic rings. The highest BCUT2D eigenvalue weighted by Gasteiger charge is 2.25. The van der Waals surface area contributed by atoms with Crippen LogP contribution in [0.5, 0.6) is 0 Å². The lowest BCUT2D eigenvalue weighted by molar-refractivity contribution is -0.135. The highest BCUT2D eigenvalue weighted by Crippen LogP contribution is 2.13. The highest BCUT2D eigenvalue weighted by atomic mass is 35.5. The van der Waals surface area contributed by atoms with Crippen LogP contribution in [0, 0.1) is 0 Å². The molecule has 1 amide bonds. The molecule has 9 heteroatoms. The number of amides is 1. The maximum atomic E-state index is 12.7. The number of unbranched alkanes of at least 4 members (excludes halogenated alkanes) is 1. The molecule has 1 fully saturated rings. The molecule has 1 saturated heterocycles. The molecule has 0 atom stereocenters. The molecule has 8 nitrogen and oxygen atoms in total. The number of aryl methyl sites for hydroxylation is 1. The monoisotopic (exact) mass is 417 g/mol. The molecule has 0 bridgehead atoms. The number of piperazine rings is 1. The highest BCUT2D eigenvalue weighted by molar-refractivity contribution is 6.30. The van der Waals surface area contributed by atoms with E-state index in [-0.39, 0.29) is 5.91 Å². The predicted octanol–water partition coefficient (Wildman–Crippen LogP) is 2.02. The molecule has 1 N–H and O–H groups in total. The minimum atomic E-state index is 0.115. The molecule has 2 heterocycles. The van der Waals surface area contributed by atoms with Gasteiger partial charge < -0.3 is 19.7 Å². The van der Waals surface area contributed by atoms with E-state index in [0.29, 0.717) is 24.7 Å². The zero-order valence-corrected chi connectivity index (χ0v) is 17.6. The van der Waals surface area contributed by atoms with E-state index in [1.54, 1.807) is 12.7 Å². The number of hydrogen-bond acceptors (Lipinski definition) is 4. The van der Waals surface area contributed by atoms with E-state index >= 15 is 0 Å². The van der Waals surface area contributed by atoms with Crippen LogP contribution in [-0.2, 0) is 17.9 Å². The number of nitrogens with one attached hydrogen (secondary N) is 1. The average Bonchev–Trinajstić information content (AvgIpc) is 3.23. The fourth-order valence-corrected chi connectivity index (χ4v) is 3.35. The first-order chi connectivity index (χ1) is 14.2. The lowest BCUT2D eigenvalue weighted by atomic mass is 10.2. The van der Waals surface area contributed by atoms with Crippen molar-refractivity contribution in [2.45, 2.75) is 32.9 Å². The van der Waals surface area contributed by atoms with Gasteiger partial charge in [0.15, 0.2) is 5.96 Å². The summed E-state index contributed by atoms with van der Waals surface area (Å²) in [5, 5.41) is 11.6. The van der Waals surface area contributed by atoms with Gasteiger partial charge in [-0.1, -0.05) is 23.7 Å². The Labute approximate surface area is 176 Å². The van der Waals surface area contributed by atoms with E-state index in [1.165, 1.54) is 0 Å². The minimum absolute atomic E-state index is 0.115. The van der Waals surface area contributed by atoms with Gasteiger partial charge >= 0.3 is 0 Å². The van der Waals surface area contributed by atoms with E-state index in [1.807, 2.05) is 45.6 Å². The summed E-state index contributed by atoms with van der Waals surface area (Å²) in [5.74, 6) is 0.931. The van der Waals surface area contributed by atoms with Crippen molar-refractivity contribution in [1.29, 1.82) is 0 Å². The van der Waals surface area contributed by atoms with E-state index in [9.17, 15) is 4.79 Å². The predicted molar refractivity (Wildman–Crippen MR) is 114 cm³/mol. The van der Waals surface area contributed by atoms with Crippen LogP contribution in [-0.4, -0.2) is 69.2 Å². The Bertz CT molecular complexity index is 792. The number of benzene rings is 1. The van der Waals surface area contributed by atoms with Gasteiger partial charge in [-0.15, -0.1) is 10.2 Å². The maximum Gasteiger partial charge on any atom is 0.242 e. The van der Waals surface area contributed by atoms with Crippen LogP contribution >= 0.6 is 11.6 Å². The van der Waals surface area contributed by atoms with Gasteiger partial charge in [0, 0.05) is 44.3 Å². The van der Waals surface area contributed by atoms with Crippen molar-refractivity contribution in [2.24, 2.45) is 4.99 Å². The first-order valence-electron chi connectivity index (χ1n) is 10.0. The second-order valence-corrected chi connectivity index (χ2v) is 7.44. The van der Waals surface area contributed by atoms with Crippen molar-refractivity contribution in [1.82, 2.24) is 29.9 Å². The standard InChI is InChI=1S/C20H28ClN7O/c1-2-22-20(23-9-3-4-10-26-15-24-25-16-26)28-12-11-27(19(29)14-28)13-17-5-7-18(21)8-6-17/h5-8,15-16H,2-4,9-14H2,1H3,(H,22,23). The third-order valence-electron chi connectivity index (χ3n) is 4.79. The van der Waals surface area contributed by atoms with Crippen molar-refractivity contribution in [3.8, 4) is 0 Å². The first kappa shape index (κ1) is 21.1. The molecule has 1 aliphatic heterocycles. The zero-order chi connectivity index (χ0) is 20.5.